The number of phenolic OH excluding ortho intramolecular Hbond substituents is 1. The number of anilines is 2. The predicted molar refractivity (Wildman–Crippen MR) is 165 cm³/mol. The van der Waals surface area contributed by atoms with Crippen LogP contribution in [-0.2, 0) is 19.2 Å². The summed E-state index contributed by atoms with van der Waals surface area (Å²) in [6.07, 6.45) is 2.09. The number of nitro benzene ring substituents is 1. The quantitative estimate of drug-likeness (QED) is 0.152. The smallest absolute Gasteiger partial charge is 0.269 e. The summed E-state index contributed by atoms with van der Waals surface area (Å²) in [5.74, 6) is -6.94. The van der Waals surface area contributed by atoms with Gasteiger partial charge in [-0.3, -0.25) is 34.2 Å². The summed E-state index contributed by atoms with van der Waals surface area (Å²) in [4.78, 5) is 69.1. The highest BCUT2D eigenvalue weighted by Crippen LogP contribution is 2.64. The molecule has 234 valence electrons. The number of phenols is 1. The van der Waals surface area contributed by atoms with Gasteiger partial charge in [0.25, 0.3) is 5.69 Å². The molecule has 3 aromatic carbocycles. The standard InChI is InChI=1S/C33H24Cl2FN3O7/c1-33-23(30(42)38(32(33)44)17-6-11-26(36)25(35)12-17)14-22-19(28(33)20-8-7-18(40)13-24(20)34)9-10-21-27(22)31(43)37(29(21)41)15-2-4-16(5-3-15)39(45)46/h2-9,11-13,21-23,27-28,40H,10,14H2,1H3/t21-,22+,23-,27-,28+,33+/m0/s1. The van der Waals surface area contributed by atoms with Crippen molar-refractivity contribution in [1.29, 1.82) is 0 Å². The van der Waals surface area contributed by atoms with Crippen molar-refractivity contribution in [2.45, 2.75) is 25.7 Å². The van der Waals surface area contributed by atoms with Crippen LogP contribution in [0.15, 0.2) is 72.3 Å². The molecule has 1 saturated carbocycles. The summed E-state index contributed by atoms with van der Waals surface area (Å²) in [7, 11) is 0. The van der Waals surface area contributed by atoms with Crippen molar-refractivity contribution in [1.82, 2.24) is 0 Å². The number of hydrogen-bond acceptors (Lipinski definition) is 7. The van der Waals surface area contributed by atoms with Crippen molar-refractivity contribution in [2.75, 3.05) is 9.80 Å². The minimum absolute atomic E-state index is 0.0683. The number of benzene rings is 3. The Kier molecular flexibility index (Phi) is 6.84. The minimum atomic E-state index is -1.41. The fourth-order valence-corrected chi connectivity index (χ4v) is 8.42. The molecule has 3 aromatic rings. The van der Waals surface area contributed by atoms with Crippen molar-refractivity contribution >= 4 is 63.9 Å². The van der Waals surface area contributed by atoms with E-state index in [0.717, 1.165) is 15.9 Å². The van der Waals surface area contributed by atoms with Crippen molar-refractivity contribution < 1.29 is 33.6 Å². The van der Waals surface area contributed by atoms with Crippen LogP contribution in [0.3, 0.4) is 0 Å². The maximum absolute atomic E-state index is 14.4. The van der Waals surface area contributed by atoms with Crippen molar-refractivity contribution in [3.05, 3.63) is 104 Å². The number of amides is 4. The van der Waals surface area contributed by atoms with Crippen LogP contribution in [0.4, 0.5) is 21.5 Å². The summed E-state index contributed by atoms with van der Waals surface area (Å²) < 4.78 is 14.1. The van der Waals surface area contributed by atoms with Gasteiger partial charge >= 0.3 is 0 Å². The van der Waals surface area contributed by atoms with Crippen LogP contribution in [0.1, 0.15) is 31.2 Å². The van der Waals surface area contributed by atoms with Gasteiger partial charge in [0.1, 0.15) is 11.6 Å². The molecule has 0 aromatic heterocycles. The molecule has 0 unspecified atom stereocenters. The molecule has 2 saturated heterocycles. The fourth-order valence-electron chi connectivity index (χ4n) is 7.96. The summed E-state index contributed by atoms with van der Waals surface area (Å²) in [5, 5.41) is 21.2. The molecule has 6 atom stereocenters. The Morgan fingerprint density at radius 3 is 2.24 bits per heavy atom. The van der Waals surface area contributed by atoms with Gasteiger partial charge in [0, 0.05) is 23.1 Å². The molecule has 2 aliphatic carbocycles. The van der Waals surface area contributed by atoms with E-state index >= 15 is 0 Å². The van der Waals surface area contributed by atoms with Gasteiger partial charge in [-0.2, -0.15) is 0 Å². The molecule has 7 rings (SSSR count). The van der Waals surface area contributed by atoms with Crippen LogP contribution in [0.5, 0.6) is 5.75 Å². The van der Waals surface area contributed by atoms with Gasteiger partial charge in [0.05, 0.1) is 44.5 Å². The van der Waals surface area contributed by atoms with Crippen LogP contribution >= 0.6 is 23.2 Å². The normalized spacial score (nSPS) is 28.6. The van der Waals surface area contributed by atoms with E-state index in [0.29, 0.717) is 11.1 Å². The molecule has 4 aliphatic rings. The number of hydrogen-bond donors (Lipinski definition) is 1. The van der Waals surface area contributed by atoms with Crippen LogP contribution in [0.2, 0.25) is 10.0 Å². The number of non-ortho nitro benzene ring substituents is 1. The molecule has 1 N–H and O–H groups in total. The van der Waals surface area contributed by atoms with Gasteiger partial charge in [-0.25, -0.2) is 9.29 Å². The zero-order valence-electron chi connectivity index (χ0n) is 24.0. The van der Waals surface area contributed by atoms with E-state index in [-0.39, 0.29) is 45.7 Å². The van der Waals surface area contributed by atoms with E-state index in [9.17, 15) is 38.8 Å². The van der Waals surface area contributed by atoms with Gasteiger partial charge in [-0.1, -0.05) is 40.9 Å². The van der Waals surface area contributed by atoms with Gasteiger partial charge in [-0.15, -0.1) is 0 Å². The minimum Gasteiger partial charge on any atom is -0.508 e. The molecule has 46 heavy (non-hydrogen) atoms. The molecular formula is C33H24Cl2FN3O7. The molecule has 2 aliphatic heterocycles. The SMILES string of the molecule is C[C@@]12C(=O)N(c3ccc(F)c(Cl)c3)C(=O)[C@@H]1C[C@@H]1C(=CC[C@@H]3C(=O)N(c4ccc([N+](=O)[O-])cc4)C(=O)[C@@H]31)[C@@H]2c1ccc(O)cc1Cl. The van der Waals surface area contributed by atoms with E-state index in [4.69, 9.17) is 23.2 Å². The predicted octanol–water partition coefficient (Wildman–Crippen LogP) is 6.18. The Morgan fingerprint density at radius 1 is 0.891 bits per heavy atom. The van der Waals surface area contributed by atoms with E-state index < -0.39 is 69.4 Å². The second-order valence-corrected chi connectivity index (χ2v) is 13.1. The number of carbonyl (C=O) groups excluding carboxylic acids is 4. The summed E-state index contributed by atoms with van der Waals surface area (Å²) in [6.45, 7) is 1.67. The second kappa shape index (κ2) is 10.5. The lowest BCUT2D eigenvalue weighted by molar-refractivity contribution is -0.384. The first-order valence-electron chi connectivity index (χ1n) is 14.5. The first-order chi connectivity index (χ1) is 21.8. The van der Waals surface area contributed by atoms with Crippen LogP contribution in [-0.4, -0.2) is 33.7 Å². The monoisotopic (exact) mass is 663 g/mol. The third kappa shape index (κ3) is 4.14. The number of imide groups is 2. The molecule has 2 heterocycles. The first-order valence-corrected chi connectivity index (χ1v) is 15.2. The first kappa shape index (κ1) is 30.1. The lowest BCUT2D eigenvalue weighted by Crippen LogP contribution is -2.49. The molecule has 3 fully saturated rings. The molecule has 13 heteroatoms. The number of nitrogens with zero attached hydrogens (tertiary/aromatic N) is 3. The number of aromatic hydroxyl groups is 1. The van der Waals surface area contributed by atoms with E-state index in [1.54, 1.807) is 13.0 Å². The maximum Gasteiger partial charge on any atom is 0.269 e. The van der Waals surface area contributed by atoms with E-state index in [1.165, 1.54) is 48.5 Å². The topological polar surface area (TPSA) is 138 Å². The highest BCUT2D eigenvalue weighted by atomic mass is 35.5. The van der Waals surface area contributed by atoms with Crippen molar-refractivity contribution in [2.24, 2.45) is 29.1 Å². The van der Waals surface area contributed by atoms with E-state index in [1.807, 2.05) is 6.08 Å². The maximum atomic E-state index is 14.4. The summed E-state index contributed by atoms with van der Waals surface area (Å²) in [6, 6.07) is 13.1. The zero-order chi connectivity index (χ0) is 32.8. The molecule has 10 nitrogen and oxygen atoms in total. The molecule has 0 spiro atoms. The van der Waals surface area contributed by atoms with Gasteiger partial charge < -0.3 is 5.11 Å². The number of rotatable bonds is 4. The number of nitro groups is 1. The van der Waals surface area contributed by atoms with Gasteiger partial charge in [0.2, 0.25) is 23.6 Å². The average Bonchev–Trinajstić information content (AvgIpc) is 3.38. The molecule has 4 amide bonds. The summed E-state index contributed by atoms with van der Waals surface area (Å²) in [5.41, 5.74) is -0.163. The Balaban J connectivity index is 1.35. The highest BCUT2D eigenvalue weighted by Gasteiger charge is 2.68. The Labute approximate surface area is 271 Å². The highest BCUT2D eigenvalue weighted by molar-refractivity contribution is 6.32. The zero-order valence-corrected chi connectivity index (χ0v) is 25.5. The number of allylic oxidation sites excluding steroid dienone is 2. The van der Waals surface area contributed by atoms with Crippen LogP contribution in [0.25, 0.3) is 0 Å². The van der Waals surface area contributed by atoms with Crippen LogP contribution < -0.4 is 9.80 Å². The molecular weight excluding hydrogens is 640 g/mol. The van der Waals surface area contributed by atoms with Gasteiger partial charge in [0.15, 0.2) is 0 Å². The third-order valence-corrected chi connectivity index (χ3v) is 10.7. The number of fused-ring (bicyclic) bond motifs is 4. The van der Waals surface area contributed by atoms with E-state index in [2.05, 4.69) is 0 Å². The van der Waals surface area contributed by atoms with Crippen LogP contribution in [0, 0.1) is 45.0 Å². The molecule has 0 radical (unpaired) electrons. The lowest BCUT2D eigenvalue weighted by Gasteiger charge is -2.49. The van der Waals surface area contributed by atoms with Gasteiger partial charge in [-0.05, 0) is 73.7 Å². The summed E-state index contributed by atoms with van der Waals surface area (Å²) >= 11 is 12.7. The molecule has 0 bridgehead atoms. The Morgan fingerprint density at radius 2 is 1.59 bits per heavy atom. The lowest BCUT2D eigenvalue weighted by atomic mass is 9.51. The third-order valence-electron chi connectivity index (χ3n) is 10.0. The van der Waals surface area contributed by atoms with Crippen molar-refractivity contribution in [3.63, 3.8) is 0 Å². The Hall–Kier alpha value is -4.61. The number of carbonyl (C=O) groups is 4. The van der Waals surface area contributed by atoms with Crippen molar-refractivity contribution in [3.8, 4) is 5.75 Å². The number of halogens is 3. The Bertz CT molecular complexity index is 1930. The largest absolute Gasteiger partial charge is 0.508 e. The second-order valence-electron chi connectivity index (χ2n) is 12.3. The fraction of sp³-hybridized carbons (Fsp3) is 0.273. The average molecular weight is 664 g/mol.